The van der Waals surface area contributed by atoms with E-state index < -0.39 is 0 Å². The molecule has 1 aromatic heterocycles. The molecule has 152 valence electrons. The normalized spacial score (nSPS) is 15.0. The number of fused-ring (bicyclic) bond motifs is 1. The molecule has 2 aromatic carbocycles. The zero-order valence-corrected chi connectivity index (χ0v) is 17.9. The summed E-state index contributed by atoms with van der Waals surface area (Å²) in [6.45, 7) is 8.93. The Kier molecular flexibility index (Phi) is 6.23. The fraction of sp³-hybridized carbons (Fsp3) is 0.391. The maximum Gasteiger partial charge on any atom is 0.260 e. The Bertz CT molecular complexity index is 995. The van der Waals surface area contributed by atoms with Crippen LogP contribution in [0.15, 0.2) is 42.5 Å². The number of aromatic nitrogens is 1. The van der Waals surface area contributed by atoms with Crippen LogP contribution in [0.1, 0.15) is 28.4 Å². The molecule has 0 radical (unpaired) electrons. The predicted octanol–water partition coefficient (Wildman–Crippen LogP) is 4.15. The molecule has 3 aromatic rings. The molecule has 0 N–H and O–H groups in total. The average molecular weight is 410 g/mol. The summed E-state index contributed by atoms with van der Waals surface area (Å²) in [6, 6.07) is 14.2. The third-order valence-electron chi connectivity index (χ3n) is 5.33. The number of carbonyl (C=O) groups is 1. The molecule has 0 atom stereocenters. The molecule has 0 aliphatic carbocycles. The molecule has 1 fully saturated rings. The van der Waals surface area contributed by atoms with Crippen LogP contribution >= 0.6 is 11.3 Å². The summed E-state index contributed by atoms with van der Waals surface area (Å²) in [5.74, 6) is 0.0109. The molecule has 0 bridgehead atoms. The number of hydrogen-bond acceptors (Lipinski definition) is 5. The molecule has 29 heavy (non-hydrogen) atoms. The number of morpholine rings is 1. The summed E-state index contributed by atoms with van der Waals surface area (Å²) >= 11 is 1.60. The number of anilines is 1. The molecule has 0 saturated carbocycles. The van der Waals surface area contributed by atoms with Gasteiger partial charge in [-0.3, -0.25) is 14.6 Å². The number of ether oxygens (including phenoxy) is 1. The first-order chi connectivity index (χ1) is 14.1. The van der Waals surface area contributed by atoms with Crippen molar-refractivity contribution in [1.29, 1.82) is 0 Å². The summed E-state index contributed by atoms with van der Waals surface area (Å²) in [4.78, 5) is 22.4. The molecule has 2 heterocycles. The van der Waals surface area contributed by atoms with Gasteiger partial charge in [0.1, 0.15) is 0 Å². The van der Waals surface area contributed by atoms with Crippen molar-refractivity contribution in [3.8, 4) is 0 Å². The van der Waals surface area contributed by atoms with E-state index in [4.69, 9.17) is 9.72 Å². The lowest BCUT2D eigenvalue weighted by molar-refractivity contribution is 0.0391. The van der Waals surface area contributed by atoms with Gasteiger partial charge in [-0.15, -0.1) is 0 Å². The van der Waals surface area contributed by atoms with Crippen LogP contribution in [0.3, 0.4) is 0 Å². The number of carbonyl (C=O) groups excluding carboxylic acids is 1. The lowest BCUT2D eigenvalue weighted by atomic mass is 10.1. The standard InChI is InChI=1S/C23H27N3O2S/c1-3-18-7-8-20-21(16-18)29-23(24-20)26(10-9-25-11-13-28-14-12-25)22(27)19-6-4-5-17(2)15-19/h4-8,15-16H,3,9-14H2,1-2H3. The fourth-order valence-corrected chi connectivity index (χ4v) is 4.63. The minimum Gasteiger partial charge on any atom is -0.379 e. The number of rotatable bonds is 6. The largest absolute Gasteiger partial charge is 0.379 e. The van der Waals surface area contributed by atoms with Crippen molar-refractivity contribution in [2.75, 3.05) is 44.3 Å². The van der Waals surface area contributed by atoms with E-state index in [-0.39, 0.29) is 5.91 Å². The van der Waals surface area contributed by atoms with Crippen LogP contribution in [0.5, 0.6) is 0 Å². The molecule has 1 saturated heterocycles. The zero-order valence-electron chi connectivity index (χ0n) is 17.1. The van der Waals surface area contributed by atoms with Gasteiger partial charge < -0.3 is 4.74 Å². The second-order valence-electron chi connectivity index (χ2n) is 7.43. The van der Waals surface area contributed by atoms with Gasteiger partial charge in [-0.1, -0.05) is 42.0 Å². The highest BCUT2D eigenvalue weighted by Gasteiger charge is 2.23. The molecular weight excluding hydrogens is 382 g/mol. The van der Waals surface area contributed by atoms with E-state index in [0.717, 1.165) is 60.2 Å². The van der Waals surface area contributed by atoms with Gasteiger partial charge in [-0.2, -0.15) is 0 Å². The Morgan fingerprint density at radius 2 is 2.03 bits per heavy atom. The fourth-order valence-electron chi connectivity index (χ4n) is 3.58. The Morgan fingerprint density at radius 1 is 1.21 bits per heavy atom. The van der Waals surface area contributed by atoms with Crippen molar-refractivity contribution < 1.29 is 9.53 Å². The van der Waals surface area contributed by atoms with E-state index in [9.17, 15) is 4.79 Å². The van der Waals surface area contributed by atoms with Crippen molar-refractivity contribution in [3.05, 3.63) is 59.2 Å². The van der Waals surface area contributed by atoms with Crippen molar-refractivity contribution in [2.45, 2.75) is 20.3 Å². The maximum atomic E-state index is 13.4. The molecular formula is C23H27N3O2S. The van der Waals surface area contributed by atoms with Crippen LogP contribution in [0, 0.1) is 6.92 Å². The summed E-state index contributed by atoms with van der Waals surface area (Å²) < 4.78 is 6.58. The average Bonchev–Trinajstić information content (AvgIpc) is 3.17. The SMILES string of the molecule is CCc1ccc2nc(N(CCN3CCOCC3)C(=O)c3cccc(C)c3)sc2c1. The van der Waals surface area contributed by atoms with Crippen molar-refractivity contribution in [2.24, 2.45) is 0 Å². The van der Waals surface area contributed by atoms with Gasteiger partial charge in [-0.25, -0.2) is 4.98 Å². The summed E-state index contributed by atoms with van der Waals surface area (Å²) in [5, 5.41) is 0.771. The van der Waals surface area contributed by atoms with Gasteiger partial charge >= 0.3 is 0 Å². The first-order valence-electron chi connectivity index (χ1n) is 10.2. The van der Waals surface area contributed by atoms with Gasteiger partial charge in [0.05, 0.1) is 23.4 Å². The van der Waals surface area contributed by atoms with Crippen LogP contribution < -0.4 is 4.90 Å². The third kappa shape index (κ3) is 4.66. The summed E-state index contributed by atoms with van der Waals surface area (Å²) in [7, 11) is 0. The second-order valence-corrected chi connectivity index (χ2v) is 8.44. The minimum atomic E-state index is 0.0109. The Labute approximate surface area is 175 Å². The predicted molar refractivity (Wildman–Crippen MR) is 119 cm³/mol. The topological polar surface area (TPSA) is 45.7 Å². The highest BCUT2D eigenvalue weighted by molar-refractivity contribution is 7.22. The third-order valence-corrected chi connectivity index (χ3v) is 6.38. The number of thiazole rings is 1. The van der Waals surface area contributed by atoms with Gasteiger partial charge in [0.15, 0.2) is 5.13 Å². The zero-order chi connectivity index (χ0) is 20.2. The van der Waals surface area contributed by atoms with Crippen molar-refractivity contribution >= 4 is 32.6 Å². The summed E-state index contributed by atoms with van der Waals surface area (Å²) in [5.41, 5.74) is 4.04. The first-order valence-corrected chi connectivity index (χ1v) is 11.0. The van der Waals surface area contributed by atoms with Gasteiger partial charge in [0.2, 0.25) is 0 Å². The highest BCUT2D eigenvalue weighted by atomic mass is 32.1. The Balaban J connectivity index is 1.64. The molecule has 0 spiro atoms. The lowest BCUT2D eigenvalue weighted by Gasteiger charge is -2.29. The maximum absolute atomic E-state index is 13.4. The van der Waals surface area contributed by atoms with Crippen molar-refractivity contribution in [1.82, 2.24) is 9.88 Å². The monoisotopic (exact) mass is 409 g/mol. The lowest BCUT2D eigenvalue weighted by Crippen LogP contribution is -2.43. The second kappa shape index (κ2) is 9.03. The van der Waals surface area contributed by atoms with Crippen LogP contribution in [0.25, 0.3) is 10.2 Å². The van der Waals surface area contributed by atoms with Crippen LogP contribution in [-0.2, 0) is 11.2 Å². The van der Waals surface area contributed by atoms with Crippen molar-refractivity contribution in [3.63, 3.8) is 0 Å². The number of benzene rings is 2. The van der Waals surface area contributed by atoms with Crippen LogP contribution in [0.4, 0.5) is 5.13 Å². The smallest absolute Gasteiger partial charge is 0.260 e. The minimum absolute atomic E-state index is 0.0109. The van der Waals surface area contributed by atoms with Crippen LogP contribution in [-0.4, -0.2) is 55.2 Å². The van der Waals surface area contributed by atoms with Gasteiger partial charge in [0, 0.05) is 31.7 Å². The van der Waals surface area contributed by atoms with E-state index in [1.165, 1.54) is 5.56 Å². The Hall–Kier alpha value is -2.28. The molecule has 1 aliphatic rings. The van der Waals surface area contributed by atoms with E-state index in [2.05, 4.69) is 30.0 Å². The molecule has 1 amide bonds. The molecule has 1 aliphatic heterocycles. The van der Waals surface area contributed by atoms with Gasteiger partial charge in [-0.05, 0) is 43.2 Å². The van der Waals surface area contributed by atoms with E-state index in [1.54, 1.807) is 11.3 Å². The molecule has 4 rings (SSSR count). The summed E-state index contributed by atoms with van der Waals surface area (Å²) in [6.07, 6.45) is 0.992. The molecule has 5 nitrogen and oxygen atoms in total. The highest BCUT2D eigenvalue weighted by Crippen LogP contribution is 2.30. The first kappa shape index (κ1) is 20.0. The number of amides is 1. The van der Waals surface area contributed by atoms with E-state index in [0.29, 0.717) is 12.1 Å². The quantitative estimate of drug-likeness (QED) is 0.614. The number of aryl methyl sites for hydroxylation is 2. The molecule has 0 unspecified atom stereocenters. The number of hydrogen-bond donors (Lipinski definition) is 0. The van der Waals surface area contributed by atoms with E-state index in [1.807, 2.05) is 36.1 Å². The number of nitrogens with zero attached hydrogens (tertiary/aromatic N) is 3. The molecule has 6 heteroatoms. The Morgan fingerprint density at radius 3 is 2.79 bits per heavy atom. The van der Waals surface area contributed by atoms with E-state index >= 15 is 0 Å². The van der Waals surface area contributed by atoms with Gasteiger partial charge in [0.25, 0.3) is 5.91 Å². The van der Waals surface area contributed by atoms with Crippen LogP contribution in [0.2, 0.25) is 0 Å².